The summed E-state index contributed by atoms with van der Waals surface area (Å²) in [4.78, 5) is 4.53. The number of hydrogen-bond donors (Lipinski definition) is 0. The van der Waals surface area contributed by atoms with Crippen LogP contribution in [-0.2, 0) is 6.42 Å². The lowest BCUT2D eigenvalue weighted by molar-refractivity contribution is 0.485. The van der Waals surface area contributed by atoms with E-state index >= 15 is 0 Å². The van der Waals surface area contributed by atoms with E-state index in [-0.39, 0.29) is 0 Å². The number of pyridine rings is 1. The SMILES string of the molecule is c1ccc(C2=C(c3ccccc3)CC(Cc3ccccn3)CC2)cc1. The number of benzene rings is 2. The summed E-state index contributed by atoms with van der Waals surface area (Å²) in [6, 6.07) is 28.0. The van der Waals surface area contributed by atoms with Crippen molar-refractivity contribution in [1.29, 1.82) is 0 Å². The Morgan fingerprint density at radius 2 is 1.36 bits per heavy atom. The maximum absolute atomic E-state index is 4.53. The van der Waals surface area contributed by atoms with E-state index in [9.17, 15) is 0 Å². The van der Waals surface area contributed by atoms with Crippen LogP contribution in [0.3, 0.4) is 0 Å². The molecule has 0 bridgehead atoms. The Hall–Kier alpha value is -2.67. The van der Waals surface area contributed by atoms with Crippen molar-refractivity contribution < 1.29 is 0 Å². The molecule has 1 heterocycles. The molecule has 0 radical (unpaired) electrons. The largest absolute Gasteiger partial charge is 0.261 e. The number of nitrogens with zero attached hydrogens (tertiary/aromatic N) is 1. The van der Waals surface area contributed by atoms with Gasteiger partial charge < -0.3 is 0 Å². The molecule has 0 saturated carbocycles. The van der Waals surface area contributed by atoms with Crippen molar-refractivity contribution in [2.75, 3.05) is 0 Å². The summed E-state index contributed by atoms with van der Waals surface area (Å²) in [5.74, 6) is 0.664. The predicted octanol–water partition coefficient (Wildman–Crippen LogP) is 6.04. The first-order valence-corrected chi connectivity index (χ1v) is 9.13. The number of hydrogen-bond acceptors (Lipinski definition) is 1. The summed E-state index contributed by atoms with van der Waals surface area (Å²) in [7, 11) is 0. The standard InChI is InChI=1S/C24H23N/c1-3-9-20(10-4-1)23-15-14-19(17-22-13-7-8-16-25-22)18-24(23)21-11-5-2-6-12-21/h1-13,16,19H,14-15,17-18H2. The molecular formula is C24H23N. The number of rotatable bonds is 4. The molecule has 1 aliphatic rings. The molecule has 3 aromatic rings. The summed E-state index contributed by atoms with van der Waals surface area (Å²) in [6.07, 6.45) is 6.48. The highest BCUT2D eigenvalue weighted by Gasteiger charge is 2.23. The first-order valence-electron chi connectivity index (χ1n) is 9.13. The van der Waals surface area contributed by atoms with Crippen LogP contribution >= 0.6 is 0 Å². The lowest BCUT2D eigenvalue weighted by Crippen LogP contribution is -2.13. The van der Waals surface area contributed by atoms with Crippen LogP contribution in [0.2, 0.25) is 0 Å². The van der Waals surface area contributed by atoms with Crippen LogP contribution in [0.4, 0.5) is 0 Å². The van der Waals surface area contributed by atoms with Crippen molar-refractivity contribution in [2.45, 2.75) is 25.7 Å². The average Bonchev–Trinajstić information content (AvgIpc) is 2.70. The van der Waals surface area contributed by atoms with Crippen LogP contribution in [0.15, 0.2) is 85.1 Å². The minimum absolute atomic E-state index is 0.664. The van der Waals surface area contributed by atoms with Gasteiger partial charge in [0.25, 0.3) is 0 Å². The Balaban J connectivity index is 1.67. The fourth-order valence-electron chi connectivity index (χ4n) is 3.89. The van der Waals surface area contributed by atoms with E-state index in [0.29, 0.717) is 5.92 Å². The van der Waals surface area contributed by atoms with Crippen molar-refractivity contribution in [3.63, 3.8) is 0 Å². The van der Waals surface area contributed by atoms with E-state index in [0.717, 1.165) is 19.3 Å². The molecule has 1 heteroatoms. The van der Waals surface area contributed by atoms with Gasteiger partial charge in [0.1, 0.15) is 0 Å². The van der Waals surface area contributed by atoms with Gasteiger partial charge in [-0.25, -0.2) is 0 Å². The van der Waals surface area contributed by atoms with Crippen molar-refractivity contribution in [2.24, 2.45) is 5.92 Å². The first-order chi connectivity index (χ1) is 12.4. The molecule has 0 fully saturated rings. The molecular weight excluding hydrogens is 302 g/mol. The lowest BCUT2D eigenvalue weighted by Gasteiger charge is -2.28. The second kappa shape index (κ2) is 7.48. The smallest absolute Gasteiger partial charge is 0.0406 e. The van der Waals surface area contributed by atoms with Crippen LogP contribution < -0.4 is 0 Å². The summed E-state index contributed by atoms with van der Waals surface area (Å²) >= 11 is 0. The van der Waals surface area contributed by atoms with E-state index < -0.39 is 0 Å². The Morgan fingerprint density at radius 3 is 2.00 bits per heavy atom. The minimum Gasteiger partial charge on any atom is -0.261 e. The summed E-state index contributed by atoms with van der Waals surface area (Å²) in [5, 5.41) is 0. The molecule has 124 valence electrons. The molecule has 0 N–H and O–H groups in total. The van der Waals surface area contributed by atoms with Gasteiger partial charge >= 0.3 is 0 Å². The molecule has 25 heavy (non-hydrogen) atoms. The molecule has 1 aromatic heterocycles. The fraction of sp³-hybridized carbons (Fsp3) is 0.208. The molecule has 0 amide bonds. The number of allylic oxidation sites excluding steroid dienone is 2. The van der Waals surface area contributed by atoms with E-state index in [2.05, 4.69) is 77.8 Å². The van der Waals surface area contributed by atoms with E-state index in [4.69, 9.17) is 0 Å². The molecule has 1 atom stereocenters. The fourth-order valence-corrected chi connectivity index (χ4v) is 3.89. The first kappa shape index (κ1) is 15.8. The highest BCUT2D eigenvalue weighted by Crippen LogP contribution is 2.41. The molecule has 0 aliphatic heterocycles. The summed E-state index contributed by atoms with van der Waals surface area (Å²) < 4.78 is 0. The zero-order chi connectivity index (χ0) is 16.9. The zero-order valence-corrected chi connectivity index (χ0v) is 14.4. The van der Waals surface area contributed by atoms with Gasteiger partial charge in [-0.05, 0) is 66.0 Å². The van der Waals surface area contributed by atoms with Gasteiger partial charge in [-0.1, -0.05) is 66.7 Å². The maximum atomic E-state index is 4.53. The maximum Gasteiger partial charge on any atom is 0.0406 e. The van der Waals surface area contributed by atoms with Gasteiger partial charge in [0.15, 0.2) is 0 Å². The Kier molecular flexibility index (Phi) is 4.74. The highest BCUT2D eigenvalue weighted by atomic mass is 14.7. The third-order valence-electron chi connectivity index (χ3n) is 5.13. The zero-order valence-electron chi connectivity index (χ0n) is 14.4. The van der Waals surface area contributed by atoms with Crippen LogP contribution in [0, 0.1) is 5.92 Å². The minimum atomic E-state index is 0.664. The van der Waals surface area contributed by atoms with Gasteiger partial charge in [0, 0.05) is 11.9 Å². The molecule has 0 saturated heterocycles. The van der Waals surface area contributed by atoms with Crippen molar-refractivity contribution in [1.82, 2.24) is 4.98 Å². The van der Waals surface area contributed by atoms with Crippen LogP contribution in [-0.4, -0.2) is 4.98 Å². The van der Waals surface area contributed by atoms with Crippen molar-refractivity contribution in [3.8, 4) is 0 Å². The molecule has 1 unspecified atom stereocenters. The molecule has 1 nitrogen and oxygen atoms in total. The Bertz CT molecular complexity index is 835. The normalized spacial score (nSPS) is 17.5. The van der Waals surface area contributed by atoms with Crippen LogP contribution in [0.5, 0.6) is 0 Å². The van der Waals surface area contributed by atoms with E-state index in [1.807, 2.05) is 12.3 Å². The topological polar surface area (TPSA) is 12.9 Å². The second-order valence-corrected chi connectivity index (χ2v) is 6.82. The third-order valence-corrected chi connectivity index (χ3v) is 5.13. The monoisotopic (exact) mass is 325 g/mol. The van der Waals surface area contributed by atoms with Crippen molar-refractivity contribution >= 4 is 11.1 Å². The second-order valence-electron chi connectivity index (χ2n) is 6.82. The number of aromatic nitrogens is 1. The molecule has 0 spiro atoms. The van der Waals surface area contributed by atoms with Gasteiger partial charge in [-0.15, -0.1) is 0 Å². The van der Waals surface area contributed by atoms with E-state index in [1.165, 1.54) is 34.4 Å². The Morgan fingerprint density at radius 1 is 0.720 bits per heavy atom. The van der Waals surface area contributed by atoms with Gasteiger partial charge in [-0.3, -0.25) is 4.98 Å². The summed E-state index contributed by atoms with van der Waals surface area (Å²) in [5.41, 5.74) is 6.98. The van der Waals surface area contributed by atoms with E-state index in [1.54, 1.807) is 0 Å². The average molecular weight is 325 g/mol. The predicted molar refractivity (Wildman–Crippen MR) is 105 cm³/mol. The molecule has 4 rings (SSSR count). The lowest BCUT2D eigenvalue weighted by atomic mass is 9.77. The summed E-state index contributed by atoms with van der Waals surface area (Å²) in [6.45, 7) is 0. The van der Waals surface area contributed by atoms with Gasteiger partial charge in [0.2, 0.25) is 0 Å². The third kappa shape index (κ3) is 3.71. The van der Waals surface area contributed by atoms with Crippen LogP contribution in [0.1, 0.15) is 36.1 Å². The molecule has 1 aliphatic carbocycles. The highest BCUT2D eigenvalue weighted by molar-refractivity contribution is 5.91. The van der Waals surface area contributed by atoms with Crippen molar-refractivity contribution in [3.05, 3.63) is 102 Å². The molecule has 2 aromatic carbocycles. The quantitative estimate of drug-likeness (QED) is 0.570. The van der Waals surface area contributed by atoms with Gasteiger partial charge in [0.05, 0.1) is 0 Å². The van der Waals surface area contributed by atoms with Gasteiger partial charge in [-0.2, -0.15) is 0 Å². The van der Waals surface area contributed by atoms with Crippen LogP contribution in [0.25, 0.3) is 11.1 Å². The Labute approximate surface area is 150 Å².